The molecule has 1 aliphatic carbocycles. The van der Waals surface area contributed by atoms with Crippen molar-refractivity contribution in [2.24, 2.45) is 0 Å². The minimum Gasteiger partial charge on any atom is -0.387 e. The molecule has 0 saturated heterocycles. The fraction of sp³-hybridized carbons (Fsp3) is 0.333. The number of rotatable bonds is 4. The average Bonchev–Trinajstić information content (AvgIpc) is 2.85. The van der Waals surface area contributed by atoms with Gasteiger partial charge < -0.3 is 5.11 Å². The third kappa shape index (κ3) is 3.00. The molecule has 0 aliphatic heterocycles. The zero-order valence-electron chi connectivity index (χ0n) is 12.9. The van der Waals surface area contributed by atoms with Gasteiger partial charge in [-0.15, -0.1) is 0 Å². The van der Waals surface area contributed by atoms with Crippen LogP contribution in [0.2, 0.25) is 0 Å². The summed E-state index contributed by atoms with van der Waals surface area (Å²) in [6.45, 7) is 0.770. The molecule has 0 spiro atoms. The summed E-state index contributed by atoms with van der Waals surface area (Å²) in [5, 5.41) is 10.5. The van der Waals surface area contributed by atoms with Crippen molar-refractivity contribution in [3.05, 3.63) is 65.2 Å². The van der Waals surface area contributed by atoms with Crippen LogP contribution in [0.1, 0.15) is 22.8 Å². The lowest BCUT2D eigenvalue weighted by Gasteiger charge is -2.27. The highest BCUT2D eigenvalue weighted by atomic mass is 32.2. The van der Waals surface area contributed by atoms with Gasteiger partial charge in [0.05, 0.1) is 6.10 Å². The molecule has 2 aromatic rings. The van der Waals surface area contributed by atoms with Crippen LogP contribution in [0.5, 0.6) is 0 Å². The van der Waals surface area contributed by atoms with Crippen LogP contribution in [-0.2, 0) is 23.8 Å². The minimum absolute atomic E-state index is 0.109. The van der Waals surface area contributed by atoms with E-state index >= 15 is 0 Å². The van der Waals surface area contributed by atoms with Gasteiger partial charge in [0.25, 0.3) is 0 Å². The Bertz CT molecular complexity index is 684. The Morgan fingerprint density at radius 2 is 1.86 bits per heavy atom. The van der Waals surface area contributed by atoms with Gasteiger partial charge in [0.2, 0.25) is 0 Å². The van der Waals surface area contributed by atoms with Crippen molar-refractivity contribution >= 4 is 10.8 Å². The molecule has 0 saturated carbocycles. The summed E-state index contributed by atoms with van der Waals surface area (Å²) >= 11 is 0. The Hall–Kier alpha value is -1.49. The zero-order chi connectivity index (χ0) is 15.7. The van der Waals surface area contributed by atoms with E-state index in [0.717, 1.165) is 23.4 Å². The van der Waals surface area contributed by atoms with Gasteiger partial charge in [-0.25, -0.2) is 0 Å². The molecule has 0 radical (unpaired) electrons. The molecule has 0 fully saturated rings. The molecular formula is C18H21NO2S. The SMILES string of the molecule is CN(Cc1ccc([S@](C)=O)cc1)[C@@H]1Cc2ccccc2[C@H]1O. The van der Waals surface area contributed by atoms with E-state index in [-0.39, 0.29) is 6.04 Å². The monoisotopic (exact) mass is 315 g/mol. The lowest BCUT2D eigenvalue weighted by atomic mass is 10.1. The summed E-state index contributed by atoms with van der Waals surface area (Å²) in [7, 11) is 1.11. The number of hydrogen-bond acceptors (Lipinski definition) is 3. The third-order valence-corrected chi connectivity index (χ3v) is 5.36. The summed E-state index contributed by atoms with van der Waals surface area (Å²) < 4.78 is 11.4. The predicted octanol–water partition coefficient (Wildman–Crippen LogP) is 2.51. The molecule has 116 valence electrons. The highest BCUT2D eigenvalue weighted by Crippen LogP contribution is 2.34. The largest absolute Gasteiger partial charge is 0.387 e. The number of aliphatic hydroxyl groups is 1. The number of aliphatic hydroxyl groups excluding tert-OH is 1. The highest BCUT2D eigenvalue weighted by molar-refractivity contribution is 7.84. The van der Waals surface area contributed by atoms with Gasteiger partial charge in [-0.05, 0) is 42.3 Å². The standard InChI is InChI=1S/C18H21NO2S/c1-19(12-13-7-9-15(10-8-13)22(2)21)17-11-14-5-3-4-6-16(14)18(17)20/h3-10,17-18,20H,11-12H2,1-2H3/t17-,18-,22+/m1/s1. The van der Waals surface area contributed by atoms with Crippen LogP contribution in [0.4, 0.5) is 0 Å². The average molecular weight is 315 g/mol. The number of likely N-dealkylation sites (N-methyl/N-ethyl adjacent to an activating group) is 1. The Kier molecular flexibility index (Phi) is 4.43. The summed E-state index contributed by atoms with van der Waals surface area (Å²) in [5.74, 6) is 0. The summed E-state index contributed by atoms with van der Waals surface area (Å²) in [4.78, 5) is 3.04. The Balaban J connectivity index is 1.70. The number of benzene rings is 2. The maximum absolute atomic E-state index is 11.4. The molecule has 1 N–H and O–H groups in total. The Morgan fingerprint density at radius 3 is 2.50 bits per heavy atom. The van der Waals surface area contributed by atoms with Gasteiger partial charge in [-0.3, -0.25) is 9.11 Å². The molecule has 1 aliphatic rings. The molecule has 0 unspecified atom stereocenters. The smallest absolute Gasteiger partial charge is 0.0951 e. The first-order valence-electron chi connectivity index (χ1n) is 7.44. The van der Waals surface area contributed by atoms with Crippen LogP contribution in [-0.4, -0.2) is 33.6 Å². The maximum Gasteiger partial charge on any atom is 0.0951 e. The van der Waals surface area contributed by atoms with E-state index in [1.165, 1.54) is 11.1 Å². The number of nitrogens with zero attached hydrogens (tertiary/aromatic N) is 1. The van der Waals surface area contributed by atoms with E-state index in [0.29, 0.717) is 0 Å². The zero-order valence-corrected chi connectivity index (χ0v) is 13.7. The summed E-state index contributed by atoms with van der Waals surface area (Å²) in [5.41, 5.74) is 3.46. The molecule has 0 aromatic heterocycles. The minimum atomic E-state index is -0.938. The van der Waals surface area contributed by atoms with Gasteiger partial charge in [-0.2, -0.15) is 0 Å². The van der Waals surface area contributed by atoms with Crippen molar-refractivity contribution < 1.29 is 9.32 Å². The molecule has 22 heavy (non-hydrogen) atoms. The van der Waals surface area contributed by atoms with E-state index in [1.807, 2.05) is 49.5 Å². The normalized spacial score (nSPS) is 21.8. The molecule has 2 aromatic carbocycles. The first-order valence-corrected chi connectivity index (χ1v) is 9.00. The molecule has 4 heteroatoms. The van der Waals surface area contributed by atoms with Crippen LogP contribution in [0.25, 0.3) is 0 Å². The van der Waals surface area contributed by atoms with Gasteiger partial charge >= 0.3 is 0 Å². The third-order valence-electron chi connectivity index (χ3n) is 4.42. The highest BCUT2D eigenvalue weighted by Gasteiger charge is 2.33. The first-order chi connectivity index (χ1) is 10.6. The predicted molar refractivity (Wildman–Crippen MR) is 89.1 cm³/mol. The van der Waals surface area contributed by atoms with Gasteiger partial charge in [-0.1, -0.05) is 36.4 Å². The van der Waals surface area contributed by atoms with Crippen molar-refractivity contribution in [1.82, 2.24) is 4.90 Å². The molecular weight excluding hydrogens is 294 g/mol. The van der Waals surface area contributed by atoms with Crippen molar-refractivity contribution in [3.8, 4) is 0 Å². The van der Waals surface area contributed by atoms with Crippen LogP contribution in [0.3, 0.4) is 0 Å². The molecule has 0 heterocycles. The molecule has 3 rings (SSSR count). The molecule has 3 atom stereocenters. The summed E-state index contributed by atoms with van der Waals surface area (Å²) in [6.07, 6.45) is 2.14. The van der Waals surface area contributed by atoms with Crippen LogP contribution in [0, 0.1) is 0 Å². The topological polar surface area (TPSA) is 40.5 Å². The first kappa shape index (κ1) is 15.4. The van der Waals surface area contributed by atoms with Crippen LogP contribution < -0.4 is 0 Å². The number of fused-ring (bicyclic) bond motifs is 1. The van der Waals surface area contributed by atoms with Crippen molar-refractivity contribution in [2.75, 3.05) is 13.3 Å². The van der Waals surface area contributed by atoms with E-state index in [4.69, 9.17) is 0 Å². The van der Waals surface area contributed by atoms with E-state index in [1.54, 1.807) is 6.26 Å². The van der Waals surface area contributed by atoms with Gasteiger partial charge in [0.1, 0.15) is 0 Å². The lowest BCUT2D eigenvalue weighted by Crippen LogP contribution is -2.34. The quantitative estimate of drug-likeness (QED) is 0.942. The molecule has 3 nitrogen and oxygen atoms in total. The Labute approximate surface area is 134 Å². The molecule has 0 amide bonds. The second-order valence-electron chi connectivity index (χ2n) is 5.93. The fourth-order valence-electron chi connectivity index (χ4n) is 3.14. The summed E-state index contributed by atoms with van der Waals surface area (Å²) in [6, 6.07) is 16.1. The maximum atomic E-state index is 11.4. The van der Waals surface area contributed by atoms with E-state index in [2.05, 4.69) is 11.0 Å². The van der Waals surface area contributed by atoms with E-state index in [9.17, 15) is 9.32 Å². The van der Waals surface area contributed by atoms with Crippen molar-refractivity contribution in [1.29, 1.82) is 0 Å². The van der Waals surface area contributed by atoms with Crippen molar-refractivity contribution in [2.45, 2.75) is 30.0 Å². The fourth-order valence-corrected chi connectivity index (χ4v) is 3.66. The second kappa shape index (κ2) is 6.32. The van der Waals surface area contributed by atoms with Crippen molar-refractivity contribution in [3.63, 3.8) is 0 Å². The van der Waals surface area contributed by atoms with E-state index < -0.39 is 16.9 Å². The lowest BCUT2D eigenvalue weighted by molar-refractivity contribution is 0.0721. The molecule has 0 bridgehead atoms. The van der Waals surface area contributed by atoms with Gasteiger partial charge in [0, 0.05) is 34.5 Å². The van der Waals surface area contributed by atoms with Crippen LogP contribution in [0.15, 0.2) is 53.4 Å². The van der Waals surface area contributed by atoms with Gasteiger partial charge in [0.15, 0.2) is 0 Å². The number of hydrogen-bond donors (Lipinski definition) is 1. The second-order valence-corrected chi connectivity index (χ2v) is 7.31. The Morgan fingerprint density at radius 1 is 1.18 bits per heavy atom. The van der Waals surface area contributed by atoms with Crippen LogP contribution >= 0.6 is 0 Å².